The highest BCUT2D eigenvalue weighted by Crippen LogP contribution is 2.19. The van der Waals surface area contributed by atoms with Gasteiger partial charge < -0.3 is 20.5 Å². The molecule has 0 bridgehead atoms. The van der Waals surface area contributed by atoms with E-state index in [1.54, 1.807) is 6.07 Å². The largest absolute Gasteiger partial charge is 0.468 e. The van der Waals surface area contributed by atoms with Crippen molar-refractivity contribution in [2.24, 2.45) is 11.7 Å². The summed E-state index contributed by atoms with van der Waals surface area (Å²) in [5.74, 6) is -0.369. The maximum Gasteiger partial charge on any atom is 0.422 e. The van der Waals surface area contributed by atoms with E-state index >= 15 is 0 Å². The Hall–Kier alpha value is -1.29. The van der Waals surface area contributed by atoms with E-state index in [0.29, 0.717) is 18.8 Å². The quantitative estimate of drug-likeness (QED) is 0.738. The zero-order valence-electron chi connectivity index (χ0n) is 13.8. The van der Waals surface area contributed by atoms with Crippen LogP contribution in [0, 0.1) is 5.92 Å². The van der Waals surface area contributed by atoms with E-state index in [4.69, 9.17) is 10.5 Å². The van der Waals surface area contributed by atoms with Gasteiger partial charge in [-0.15, -0.1) is 24.8 Å². The summed E-state index contributed by atoms with van der Waals surface area (Å²) in [6.45, 7) is -0.0864. The van der Waals surface area contributed by atoms with Crippen LogP contribution in [0.5, 0.6) is 5.88 Å². The summed E-state index contributed by atoms with van der Waals surface area (Å²) >= 11 is 0. The molecule has 0 radical (unpaired) electrons. The first-order chi connectivity index (χ1) is 11.3. The fourth-order valence-corrected chi connectivity index (χ4v) is 2.39. The number of nitrogens with one attached hydrogen (secondary N) is 1. The molecule has 1 saturated heterocycles. The number of rotatable bonds is 6. The van der Waals surface area contributed by atoms with Crippen LogP contribution >= 0.6 is 24.8 Å². The van der Waals surface area contributed by atoms with Crippen molar-refractivity contribution in [2.45, 2.75) is 31.6 Å². The molecule has 0 aromatic carbocycles. The average Bonchev–Trinajstić information content (AvgIpc) is 2.58. The molecule has 0 saturated carbocycles. The van der Waals surface area contributed by atoms with E-state index in [1.165, 1.54) is 12.3 Å². The van der Waals surface area contributed by atoms with E-state index in [0.717, 1.165) is 12.8 Å². The van der Waals surface area contributed by atoms with E-state index in [-0.39, 0.29) is 49.1 Å². The van der Waals surface area contributed by atoms with Crippen LogP contribution in [-0.2, 0) is 16.1 Å². The van der Waals surface area contributed by atoms with E-state index in [2.05, 4.69) is 15.0 Å². The monoisotopic (exact) mass is 419 g/mol. The first kappa shape index (κ1) is 24.7. The van der Waals surface area contributed by atoms with Gasteiger partial charge in [-0.1, -0.05) is 0 Å². The van der Waals surface area contributed by atoms with Gasteiger partial charge in [0.15, 0.2) is 6.61 Å². The second-order valence-corrected chi connectivity index (χ2v) is 5.60. The molecule has 11 heteroatoms. The minimum Gasteiger partial charge on any atom is -0.468 e. The fraction of sp³-hybridized carbons (Fsp3) is 0.600. The van der Waals surface area contributed by atoms with Crippen molar-refractivity contribution in [2.75, 3.05) is 19.8 Å². The molecule has 0 aliphatic carbocycles. The molecule has 150 valence electrons. The Labute approximate surface area is 161 Å². The van der Waals surface area contributed by atoms with Crippen molar-refractivity contribution in [3.05, 3.63) is 23.9 Å². The van der Waals surface area contributed by atoms with Crippen molar-refractivity contribution >= 4 is 30.7 Å². The maximum absolute atomic E-state index is 12.1. The summed E-state index contributed by atoms with van der Waals surface area (Å²) < 4.78 is 46.2. The number of carbonyl (C=O) groups excluding carboxylic acids is 1. The van der Waals surface area contributed by atoms with Crippen LogP contribution in [0.1, 0.15) is 18.4 Å². The summed E-state index contributed by atoms with van der Waals surface area (Å²) in [6.07, 6.45) is -1.63. The van der Waals surface area contributed by atoms with Crippen molar-refractivity contribution < 1.29 is 27.4 Å². The Balaban J connectivity index is 0.00000312. The van der Waals surface area contributed by atoms with Gasteiger partial charge in [0, 0.05) is 32.0 Å². The summed E-state index contributed by atoms with van der Waals surface area (Å²) in [5.41, 5.74) is 6.53. The number of aromatic nitrogens is 1. The predicted molar refractivity (Wildman–Crippen MR) is 93.6 cm³/mol. The van der Waals surface area contributed by atoms with Gasteiger partial charge in [0.25, 0.3) is 0 Å². The lowest BCUT2D eigenvalue weighted by molar-refractivity contribution is -0.154. The van der Waals surface area contributed by atoms with Crippen LogP contribution in [0.25, 0.3) is 0 Å². The molecular formula is C15H22Cl2F3N3O3. The molecule has 26 heavy (non-hydrogen) atoms. The third kappa shape index (κ3) is 8.39. The first-order valence-electron chi connectivity index (χ1n) is 7.60. The summed E-state index contributed by atoms with van der Waals surface area (Å²) in [4.78, 5) is 15.8. The Morgan fingerprint density at radius 2 is 2.04 bits per heavy atom. The predicted octanol–water partition coefficient (Wildman–Crippen LogP) is 2.24. The lowest BCUT2D eigenvalue weighted by Gasteiger charge is -2.26. The number of hydrogen-bond donors (Lipinski definition) is 2. The fourth-order valence-electron chi connectivity index (χ4n) is 2.39. The molecule has 1 amide bonds. The number of nitrogens with two attached hydrogens (primary N) is 1. The lowest BCUT2D eigenvalue weighted by atomic mass is 9.92. The van der Waals surface area contributed by atoms with Crippen LogP contribution in [-0.4, -0.2) is 42.9 Å². The summed E-state index contributed by atoms with van der Waals surface area (Å²) in [7, 11) is 0. The van der Waals surface area contributed by atoms with Crippen molar-refractivity contribution in [3.63, 3.8) is 0 Å². The van der Waals surface area contributed by atoms with Gasteiger partial charge in [-0.05, 0) is 30.4 Å². The molecule has 1 fully saturated rings. The Kier molecular flexibility index (Phi) is 10.9. The maximum atomic E-state index is 12.1. The Bertz CT molecular complexity index is 558. The zero-order chi connectivity index (χ0) is 17.6. The van der Waals surface area contributed by atoms with Crippen LogP contribution in [0.4, 0.5) is 13.2 Å². The van der Waals surface area contributed by atoms with E-state index < -0.39 is 18.8 Å². The van der Waals surface area contributed by atoms with Crippen LogP contribution in [0.2, 0.25) is 0 Å². The minimum absolute atomic E-state index is 0. The van der Waals surface area contributed by atoms with E-state index in [1.807, 2.05) is 0 Å². The highest BCUT2D eigenvalue weighted by atomic mass is 35.5. The van der Waals surface area contributed by atoms with Gasteiger partial charge in [0.1, 0.15) is 0 Å². The molecule has 1 aromatic heterocycles. The van der Waals surface area contributed by atoms with Gasteiger partial charge in [0.05, 0.1) is 6.04 Å². The third-order valence-electron chi connectivity index (χ3n) is 3.73. The number of hydrogen-bond acceptors (Lipinski definition) is 5. The topological polar surface area (TPSA) is 86.5 Å². The molecular weight excluding hydrogens is 398 g/mol. The zero-order valence-corrected chi connectivity index (χ0v) is 15.5. The summed E-state index contributed by atoms with van der Waals surface area (Å²) in [6, 6.07) is 2.31. The number of pyridine rings is 1. The molecule has 2 heterocycles. The number of halogens is 5. The number of carbonyl (C=O) groups is 1. The molecule has 3 N–H and O–H groups in total. The van der Waals surface area contributed by atoms with Gasteiger partial charge in [-0.3, -0.25) is 4.79 Å². The van der Waals surface area contributed by atoms with Crippen molar-refractivity contribution in [1.82, 2.24) is 10.3 Å². The lowest BCUT2D eigenvalue weighted by Crippen LogP contribution is -2.46. The van der Waals surface area contributed by atoms with Gasteiger partial charge in [-0.25, -0.2) is 4.98 Å². The molecule has 1 unspecified atom stereocenters. The highest BCUT2D eigenvalue weighted by molar-refractivity contribution is 5.85. The van der Waals surface area contributed by atoms with Crippen LogP contribution < -0.4 is 15.8 Å². The standard InChI is InChI=1S/C15H20F3N3O3.2ClH/c16-15(17,18)9-24-12-7-10(1-4-20-12)8-21-14(22)13(19)11-2-5-23-6-3-11;;/h1,4,7,11,13H,2-3,5-6,8-9,19H2,(H,21,22);2*1H. The Morgan fingerprint density at radius 1 is 1.38 bits per heavy atom. The molecule has 1 atom stereocenters. The van der Waals surface area contributed by atoms with Gasteiger partial charge in [0.2, 0.25) is 11.8 Å². The van der Waals surface area contributed by atoms with E-state index in [9.17, 15) is 18.0 Å². The smallest absolute Gasteiger partial charge is 0.422 e. The second kappa shape index (κ2) is 11.4. The van der Waals surface area contributed by atoms with Gasteiger partial charge >= 0.3 is 6.18 Å². The molecule has 0 spiro atoms. The van der Waals surface area contributed by atoms with Crippen molar-refractivity contribution in [3.8, 4) is 5.88 Å². The molecule has 1 aliphatic rings. The highest BCUT2D eigenvalue weighted by Gasteiger charge is 2.29. The number of nitrogens with zero attached hydrogens (tertiary/aromatic N) is 1. The van der Waals surface area contributed by atoms with Gasteiger partial charge in [-0.2, -0.15) is 13.2 Å². The molecule has 1 aliphatic heterocycles. The molecule has 6 nitrogen and oxygen atoms in total. The minimum atomic E-state index is -4.43. The first-order valence-corrected chi connectivity index (χ1v) is 7.60. The molecule has 1 aromatic rings. The molecule has 2 rings (SSSR count). The van der Waals surface area contributed by atoms with Crippen molar-refractivity contribution in [1.29, 1.82) is 0 Å². The van der Waals surface area contributed by atoms with Crippen LogP contribution in [0.3, 0.4) is 0 Å². The number of amides is 1. The number of ether oxygens (including phenoxy) is 2. The number of alkyl halides is 3. The SMILES string of the molecule is Cl.Cl.NC(C(=O)NCc1ccnc(OCC(F)(F)F)c1)C1CCOCC1. The normalized spacial score (nSPS) is 16.0. The third-order valence-corrected chi connectivity index (χ3v) is 3.73. The average molecular weight is 420 g/mol. The Morgan fingerprint density at radius 3 is 2.65 bits per heavy atom. The summed E-state index contributed by atoms with van der Waals surface area (Å²) in [5, 5.41) is 2.69. The van der Waals surface area contributed by atoms with Crippen LogP contribution in [0.15, 0.2) is 18.3 Å². The second-order valence-electron chi connectivity index (χ2n) is 5.60.